The normalized spacial score (nSPS) is 11.0. The van der Waals surface area contributed by atoms with Gasteiger partial charge in [0.25, 0.3) is 0 Å². The summed E-state index contributed by atoms with van der Waals surface area (Å²) in [5.41, 5.74) is 0.824. The Bertz CT molecular complexity index is 369. The number of rotatable bonds is 9. The van der Waals surface area contributed by atoms with E-state index >= 15 is 0 Å². The van der Waals surface area contributed by atoms with E-state index in [9.17, 15) is 4.39 Å². The van der Waals surface area contributed by atoms with Crippen molar-refractivity contribution in [2.24, 2.45) is 5.92 Å². The summed E-state index contributed by atoms with van der Waals surface area (Å²) in [4.78, 5) is 0. The van der Waals surface area contributed by atoms with Gasteiger partial charge in [0.1, 0.15) is 6.61 Å². The predicted molar refractivity (Wildman–Crippen MR) is 74.9 cm³/mol. The molecule has 0 spiro atoms. The van der Waals surface area contributed by atoms with Crippen LogP contribution >= 0.6 is 0 Å². The fraction of sp³-hybridized carbons (Fsp3) is 0.600. The minimum atomic E-state index is -0.324. The molecule has 0 saturated heterocycles. The zero-order valence-electron chi connectivity index (χ0n) is 12.0. The van der Waals surface area contributed by atoms with E-state index in [1.54, 1.807) is 6.07 Å². The van der Waals surface area contributed by atoms with Crippen molar-refractivity contribution in [2.45, 2.75) is 26.8 Å². The average Bonchev–Trinajstić information content (AvgIpc) is 2.36. The van der Waals surface area contributed by atoms with Gasteiger partial charge in [-0.25, -0.2) is 4.39 Å². The van der Waals surface area contributed by atoms with E-state index in [2.05, 4.69) is 19.2 Å². The van der Waals surface area contributed by atoms with E-state index < -0.39 is 0 Å². The zero-order chi connectivity index (χ0) is 14.1. The molecule has 0 heterocycles. The first kappa shape index (κ1) is 15.9. The van der Waals surface area contributed by atoms with Gasteiger partial charge in [0, 0.05) is 18.7 Å². The van der Waals surface area contributed by atoms with Crippen LogP contribution in [0, 0.1) is 11.7 Å². The summed E-state index contributed by atoms with van der Waals surface area (Å²) in [6, 6.07) is 4.96. The number of para-hydroxylation sites is 1. The summed E-state index contributed by atoms with van der Waals surface area (Å²) < 4.78 is 24.6. The first-order valence-electron chi connectivity index (χ1n) is 6.77. The molecule has 3 nitrogen and oxygen atoms in total. The van der Waals surface area contributed by atoms with Crippen molar-refractivity contribution in [1.82, 2.24) is 5.32 Å². The highest BCUT2D eigenvalue weighted by atomic mass is 19.1. The largest absolute Gasteiger partial charge is 0.488 e. The topological polar surface area (TPSA) is 30.5 Å². The van der Waals surface area contributed by atoms with Crippen molar-refractivity contribution < 1.29 is 13.9 Å². The van der Waals surface area contributed by atoms with Crippen LogP contribution in [0.3, 0.4) is 0 Å². The van der Waals surface area contributed by atoms with E-state index in [1.807, 2.05) is 13.1 Å². The quantitative estimate of drug-likeness (QED) is 0.699. The second kappa shape index (κ2) is 8.88. The lowest BCUT2D eigenvalue weighted by molar-refractivity contribution is 0.0909. The maximum atomic E-state index is 13.7. The summed E-state index contributed by atoms with van der Waals surface area (Å²) in [6.07, 6.45) is 1.03. The lowest BCUT2D eigenvalue weighted by Gasteiger charge is -2.12. The van der Waals surface area contributed by atoms with Crippen molar-refractivity contribution in [2.75, 3.05) is 26.9 Å². The summed E-state index contributed by atoms with van der Waals surface area (Å²) in [7, 11) is 1.82. The molecule has 1 rings (SSSR count). The zero-order valence-corrected chi connectivity index (χ0v) is 12.0. The van der Waals surface area contributed by atoms with Crippen LogP contribution < -0.4 is 10.1 Å². The third-order valence-electron chi connectivity index (χ3n) is 2.73. The minimum Gasteiger partial charge on any atom is -0.488 e. The van der Waals surface area contributed by atoms with Gasteiger partial charge in [-0.05, 0) is 25.5 Å². The molecule has 0 amide bonds. The summed E-state index contributed by atoms with van der Waals surface area (Å²) in [6.45, 7) is 6.48. The molecule has 4 heteroatoms. The standard InChI is InChI=1S/C15H24FNO2/c1-12(2)7-8-18-9-10-19-15-13(11-17-3)5-4-6-14(15)16/h4-6,12,17H,7-11H2,1-3H3. The number of hydrogen-bond donors (Lipinski definition) is 1. The first-order valence-corrected chi connectivity index (χ1v) is 6.77. The molecule has 1 aromatic rings. The Hall–Kier alpha value is -1.13. The van der Waals surface area contributed by atoms with E-state index in [-0.39, 0.29) is 5.82 Å². The molecule has 0 unspecified atom stereocenters. The van der Waals surface area contributed by atoms with Crippen LogP contribution in [-0.2, 0) is 11.3 Å². The molecule has 0 aliphatic rings. The molecule has 108 valence electrons. The van der Waals surface area contributed by atoms with Gasteiger partial charge in [-0.1, -0.05) is 26.0 Å². The Kier molecular flexibility index (Phi) is 7.45. The van der Waals surface area contributed by atoms with Gasteiger partial charge in [-0.3, -0.25) is 0 Å². The van der Waals surface area contributed by atoms with Crippen molar-refractivity contribution in [3.05, 3.63) is 29.6 Å². The summed E-state index contributed by atoms with van der Waals surface area (Å²) >= 11 is 0. The van der Waals surface area contributed by atoms with E-state index in [4.69, 9.17) is 9.47 Å². The van der Waals surface area contributed by atoms with Crippen LogP contribution in [-0.4, -0.2) is 26.9 Å². The lowest BCUT2D eigenvalue weighted by Crippen LogP contribution is -2.12. The highest BCUT2D eigenvalue weighted by Crippen LogP contribution is 2.22. The van der Waals surface area contributed by atoms with Gasteiger partial charge in [0.05, 0.1) is 6.61 Å². The Balaban J connectivity index is 2.36. The molecular weight excluding hydrogens is 245 g/mol. The van der Waals surface area contributed by atoms with Crippen LogP contribution in [0.25, 0.3) is 0 Å². The smallest absolute Gasteiger partial charge is 0.165 e. The maximum absolute atomic E-state index is 13.7. The molecule has 1 N–H and O–H groups in total. The fourth-order valence-electron chi connectivity index (χ4n) is 1.67. The fourth-order valence-corrected chi connectivity index (χ4v) is 1.67. The van der Waals surface area contributed by atoms with Crippen molar-refractivity contribution in [3.8, 4) is 5.75 Å². The van der Waals surface area contributed by atoms with Gasteiger partial charge in [0.15, 0.2) is 11.6 Å². The van der Waals surface area contributed by atoms with Crippen LogP contribution in [0.2, 0.25) is 0 Å². The number of ether oxygens (including phenoxy) is 2. The summed E-state index contributed by atoms with van der Waals surface area (Å²) in [5, 5.41) is 3.00. The van der Waals surface area contributed by atoms with Gasteiger partial charge in [-0.2, -0.15) is 0 Å². The van der Waals surface area contributed by atoms with Crippen LogP contribution in [0.5, 0.6) is 5.75 Å². The highest BCUT2D eigenvalue weighted by molar-refractivity contribution is 5.34. The molecular formula is C15H24FNO2. The molecule has 1 aromatic carbocycles. The van der Waals surface area contributed by atoms with Crippen molar-refractivity contribution in [3.63, 3.8) is 0 Å². The Morgan fingerprint density at radius 2 is 2.00 bits per heavy atom. The molecule has 0 radical (unpaired) electrons. The second-order valence-electron chi connectivity index (χ2n) is 4.90. The van der Waals surface area contributed by atoms with Gasteiger partial charge >= 0.3 is 0 Å². The first-order chi connectivity index (χ1) is 9.15. The Labute approximate surface area is 115 Å². The molecule has 0 bridgehead atoms. The summed E-state index contributed by atoms with van der Waals surface area (Å²) in [5.74, 6) is 0.633. The Morgan fingerprint density at radius 1 is 1.21 bits per heavy atom. The van der Waals surface area contributed by atoms with Gasteiger partial charge in [-0.15, -0.1) is 0 Å². The van der Waals surface area contributed by atoms with Crippen LogP contribution in [0.4, 0.5) is 4.39 Å². The molecule has 0 saturated carbocycles. The molecule has 19 heavy (non-hydrogen) atoms. The second-order valence-corrected chi connectivity index (χ2v) is 4.90. The lowest BCUT2D eigenvalue weighted by atomic mass is 10.1. The van der Waals surface area contributed by atoms with Gasteiger partial charge < -0.3 is 14.8 Å². The van der Waals surface area contributed by atoms with Crippen molar-refractivity contribution >= 4 is 0 Å². The average molecular weight is 269 g/mol. The van der Waals surface area contributed by atoms with Crippen molar-refractivity contribution in [1.29, 1.82) is 0 Å². The number of nitrogens with one attached hydrogen (secondary N) is 1. The minimum absolute atomic E-state index is 0.323. The molecule has 0 atom stereocenters. The van der Waals surface area contributed by atoms with E-state index in [0.717, 1.165) is 18.6 Å². The van der Waals surface area contributed by atoms with E-state index in [1.165, 1.54) is 6.07 Å². The number of benzene rings is 1. The van der Waals surface area contributed by atoms with E-state index in [0.29, 0.717) is 31.4 Å². The predicted octanol–water partition coefficient (Wildman–Crippen LogP) is 2.99. The SMILES string of the molecule is CNCc1cccc(F)c1OCCOCCC(C)C. The number of hydrogen-bond acceptors (Lipinski definition) is 3. The Morgan fingerprint density at radius 3 is 2.68 bits per heavy atom. The third kappa shape index (κ3) is 6.03. The molecule has 0 fully saturated rings. The van der Waals surface area contributed by atoms with Gasteiger partial charge in [0.2, 0.25) is 0 Å². The highest BCUT2D eigenvalue weighted by Gasteiger charge is 2.08. The molecule has 0 aliphatic heterocycles. The van der Waals surface area contributed by atoms with Crippen LogP contribution in [0.15, 0.2) is 18.2 Å². The third-order valence-corrected chi connectivity index (χ3v) is 2.73. The van der Waals surface area contributed by atoms with Crippen LogP contribution in [0.1, 0.15) is 25.8 Å². The molecule has 0 aromatic heterocycles. The molecule has 0 aliphatic carbocycles. The monoisotopic (exact) mass is 269 g/mol. The maximum Gasteiger partial charge on any atom is 0.165 e. The number of halogens is 1.